The van der Waals surface area contributed by atoms with Crippen molar-refractivity contribution in [3.05, 3.63) is 66.2 Å². The number of anilines is 1. The number of rotatable bonds is 2. The van der Waals surface area contributed by atoms with Crippen LogP contribution in [0.25, 0.3) is 27.5 Å². The summed E-state index contributed by atoms with van der Waals surface area (Å²) in [6.45, 7) is 0. The number of imidazole rings is 1. The summed E-state index contributed by atoms with van der Waals surface area (Å²) < 4.78 is 2.14. The third-order valence-corrected chi connectivity index (χ3v) is 4.30. The van der Waals surface area contributed by atoms with E-state index in [0.717, 1.165) is 21.9 Å². The summed E-state index contributed by atoms with van der Waals surface area (Å²) in [5.41, 5.74) is 11.0. The first-order chi connectivity index (χ1) is 10.3. The fraction of sp³-hybridized carbons (Fsp3) is 0. The molecule has 0 aliphatic rings. The number of benzene rings is 2. The van der Waals surface area contributed by atoms with Gasteiger partial charge in [-0.3, -0.25) is 4.40 Å². The first-order valence-corrected chi connectivity index (χ1v) is 7.57. The van der Waals surface area contributed by atoms with Crippen LogP contribution in [-0.4, -0.2) is 9.38 Å². The van der Waals surface area contributed by atoms with Gasteiger partial charge in [-0.25, -0.2) is 4.98 Å². The van der Waals surface area contributed by atoms with Gasteiger partial charge in [-0.05, 0) is 17.7 Å². The molecule has 2 aromatic heterocycles. The van der Waals surface area contributed by atoms with E-state index in [1.807, 2.05) is 30.3 Å². The summed E-state index contributed by atoms with van der Waals surface area (Å²) in [7, 11) is 0. The van der Waals surface area contributed by atoms with Crippen LogP contribution >= 0.6 is 11.3 Å². The highest BCUT2D eigenvalue weighted by molar-refractivity contribution is 7.15. The second kappa shape index (κ2) is 4.75. The Morgan fingerprint density at radius 2 is 1.76 bits per heavy atom. The molecule has 0 fully saturated rings. The number of fused-ring (bicyclic) bond motifs is 1. The highest BCUT2D eigenvalue weighted by atomic mass is 32.1. The summed E-state index contributed by atoms with van der Waals surface area (Å²) in [6, 6.07) is 18.2. The average molecular weight is 291 g/mol. The largest absolute Gasteiger partial charge is 0.399 e. The van der Waals surface area contributed by atoms with E-state index in [-0.39, 0.29) is 0 Å². The first-order valence-electron chi connectivity index (χ1n) is 6.69. The zero-order valence-corrected chi connectivity index (χ0v) is 12.0. The lowest BCUT2D eigenvalue weighted by Crippen LogP contribution is -1.85. The molecule has 4 heteroatoms. The van der Waals surface area contributed by atoms with Crippen LogP contribution < -0.4 is 5.73 Å². The van der Waals surface area contributed by atoms with Crippen LogP contribution in [0.5, 0.6) is 0 Å². The average Bonchev–Trinajstić information content (AvgIpc) is 3.08. The third kappa shape index (κ3) is 2.10. The molecule has 0 radical (unpaired) electrons. The molecule has 0 bridgehead atoms. The third-order valence-electron chi connectivity index (χ3n) is 3.46. The molecule has 4 aromatic rings. The number of hydrogen-bond acceptors (Lipinski definition) is 3. The molecule has 3 nitrogen and oxygen atoms in total. The van der Waals surface area contributed by atoms with Crippen LogP contribution in [0.4, 0.5) is 5.69 Å². The van der Waals surface area contributed by atoms with E-state index < -0.39 is 0 Å². The molecular weight excluding hydrogens is 278 g/mol. The van der Waals surface area contributed by atoms with Crippen molar-refractivity contribution in [2.24, 2.45) is 0 Å². The number of nitrogens with two attached hydrogens (primary N) is 1. The fourth-order valence-electron chi connectivity index (χ4n) is 2.44. The maximum Gasteiger partial charge on any atom is 0.194 e. The quantitative estimate of drug-likeness (QED) is 0.559. The maximum absolute atomic E-state index is 5.85. The molecule has 2 aromatic carbocycles. The van der Waals surface area contributed by atoms with E-state index >= 15 is 0 Å². The van der Waals surface area contributed by atoms with E-state index in [0.29, 0.717) is 0 Å². The Morgan fingerprint density at radius 3 is 2.57 bits per heavy atom. The Labute approximate surface area is 126 Å². The molecule has 0 unspecified atom stereocenters. The van der Waals surface area contributed by atoms with Gasteiger partial charge in [-0.15, -0.1) is 11.3 Å². The van der Waals surface area contributed by atoms with Crippen LogP contribution in [0.3, 0.4) is 0 Å². The van der Waals surface area contributed by atoms with Gasteiger partial charge >= 0.3 is 0 Å². The molecule has 0 atom stereocenters. The van der Waals surface area contributed by atoms with Crippen molar-refractivity contribution in [2.75, 3.05) is 5.73 Å². The predicted molar refractivity (Wildman–Crippen MR) is 88.4 cm³/mol. The number of nitrogens with zero attached hydrogens (tertiary/aromatic N) is 2. The number of nitrogen functional groups attached to an aromatic ring is 1. The minimum Gasteiger partial charge on any atom is -0.399 e. The summed E-state index contributed by atoms with van der Waals surface area (Å²) in [6.07, 6.45) is 2.07. The van der Waals surface area contributed by atoms with Crippen LogP contribution in [0.2, 0.25) is 0 Å². The Hall–Kier alpha value is -2.59. The molecule has 0 amide bonds. The first kappa shape index (κ1) is 12.2. The molecule has 102 valence electrons. The van der Waals surface area contributed by atoms with Gasteiger partial charge in [0.25, 0.3) is 0 Å². The van der Waals surface area contributed by atoms with Crippen molar-refractivity contribution < 1.29 is 0 Å². The Bertz CT molecular complexity index is 906. The van der Waals surface area contributed by atoms with Gasteiger partial charge in [-0.1, -0.05) is 42.5 Å². The monoisotopic (exact) mass is 291 g/mol. The van der Waals surface area contributed by atoms with Crippen LogP contribution in [0.1, 0.15) is 0 Å². The molecule has 2 heterocycles. The highest BCUT2D eigenvalue weighted by Gasteiger charge is 2.10. The summed E-state index contributed by atoms with van der Waals surface area (Å²) in [5.74, 6) is 0. The SMILES string of the molecule is Nc1cccc(-c2cn3c(-c4ccccc4)csc3n2)c1. The summed E-state index contributed by atoms with van der Waals surface area (Å²) in [5, 5.41) is 2.14. The molecule has 0 aliphatic carbocycles. The van der Waals surface area contributed by atoms with E-state index in [1.165, 1.54) is 11.3 Å². The molecule has 0 saturated heterocycles. The van der Waals surface area contributed by atoms with Crippen LogP contribution in [0, 0.1) is 0 Å². The smallest absolute Gasteiger partial charge is 0.194 e. The van der Waals surface area contributed by atoms with Crippen molar-refractivity contribution in [3.63, 3.8) is 0 Å². The minimum atomic E-state index is 0.757. The standard InChI is InChI=1S/C17H13N3S/c18-14-8-4-7-13(9-14)15-10-20-16(11-21-17(20)19-15)12-5-2-1-3-6-12/h1-11H,18H2. The lowest BCUT2D eigenvalue weighted by molar-refractivity contribution is 1.24. The number of thiazole rings is 1. The molecule has 21 heavy (non-hydrogen) atoms. The molecule has 0 aliphatic heterocycles. The second-order valence-corrected chi connectivity index (χ2v) is 5.73. The maximum atomic E-state index is 5.85. The van der Waals surface area contributed by atoms with Gasteiger partial charge in [0.1, 0.15) is 0 Å². The Morgan fingerprint density at radius 1 is 0.952 bits per heavy atom. The summed E-state index contributed by atoms with van der Waals surface area (Å²) >= 11 is 1.65. The van der Waals surface area contributed by atoms with Crippen molar-refractivity contribution in [1.29, 1.82) is 0 Å². The van der Waals surface area contributed by atoms with E-state index in [4.69, 9.17) is 10.7 Å². The normalized spacial score (nSPS) is 11.0. The second-order valence-electron chi connectivity index (χ2n) is 4.89. The lowest BCUT2D eigenvalue weighted by Gasteiger charge is -1.99. The predicted octanol–water partition coefficient (Wildman–Crippen LogP) is 4.31. The zero-order valence-electron chi connectivity index (χ0n) is 11.2. The molecule has 4 rings (SSSR count). The molecular formula is C17H13N3S. The Kier molecular flexibility index (Phi) is 2.75. The van der Waals surface area contributed by atoms with Gasteiger partial charge in [0.2, 0.25) is 0 Å². The van der Waals surface area contributed by atoms with Gasteiger partial charge in [-0.2, -0.15) is 0 Å². The Balaban J connectivity index is 1.87. The van der Waals surface area contributed by atoms with E-state index in [2.05, 4.69) is 40.2 Å². The number of aromatic nitrogens is 2. The van der Waals surface area contributed by atoms with Crippen molar-refractivity contribution >= 4 is 22.0 Å². The zero-order chi connectivity index (χ0) is 14.2. The van der Waals surface area contributed by atoms with Gasteiger partial charge in [0.05, 0.1) is 11.4 Å². The topological polar surface area (TPSA) is 43.3 Å². The van der Waals surface area contributed by atoms with Gasteiger partial charge < -0.3 is 5.73 Å². The van der Waals surface area contributed by atoms with E-state index in [9.17, 15) is 0 Å². The highest BCUT2D eigenvalue weighted by Crippen LogP contribution is 2.29. The summed E-state index contributed by atoms with van der Waals surface area (Å²) in [4.78, 5) is 5.69. The fourth-order valence-corrected chi connectivity index (χ4v) is 3.32. The molecule has 0 saturated carbocycles. The van der Waals surface area contributed by atoms with Gasteiger partial charge in [0, 0.05) is 22.8 Å². The van der Waals surface area contributed by atoms with Crippen molar-refractivity contribution in [2.45, 2.75) is 0 Å². The van der Waals surface area contributed by atoms with Crippen molar-refractivity contribution in [3.8, 4) is 22.5 Å². The van der Waals surface area contributed by atoms with Crippen LogP contribution in [0.15, 0.2) is 66.2 Å². The lowest BCUT2D eigenvalue weighted by atomic mass is 10.1. The van der Waals surface area contributed by atoms with E-state index in [1.54, 1.807) is 11.3 Å². The van der Waals surface area contributed by atoms with Crippen LogP contribution in [-0.2, 0) is 0 Å². The minimum absolute atomic E-state index is 0.757. The van der Waals surface area contributed by atoms with Gasteiger partial charge in [0.15, 0.2) is 4.96 Å². The number of hydrogen-bond donors (Lipinski definition) is 1. The molecule has 2 N–H and O–H groups in total. The van der Waals surface area contributed by atoms with Crippen molar-refractivity contribution in [1.82, 2.24) is 9.38 Å². The molecule has 0 spiro atoms.